The van der Waals surface area contributed by atoms with E-state index in [4.69, 9.17) is 0 Å². The van der Waals surface area contributed by atoms with Gasteiger partial charge in [0.1, 0.15) is 5.60 Å². The molecule has 0 aliphatic carbocycles. The molecule has 1 fully saturated rings. The lowest BCUT2D eigenvalue weighted by Gasteiger charge is -2.38. The van der Waals surface area contributed by atoms with Crippen molar-refractivity contribution in [2.24, 2.45) is 7.05 Å². The molecule has 78 valence electrons. The largest absolute Gasteiger partial charge is 0.382 e. The molecule has 2 N–H and O–H groups in total. The lowest BCUT2D eigenvalue weighted by Crippen LogP contribution is -2.56. The van der Waals surface area contributed by atoms with Crippen molar-refractivity contribution in [1.29, 1.82) is 0 Å². The number of hydrogen-bond donors (Lipinski definition) is 2. The number of imidazole rings is 1. The number of nitrogens with one attached hydrogen (secondary N) is 1. The van der Waals surface area contributed by atoms with Gasteiger partial charge in [0.05, 0.1) is 17.4 Å². The number of benzene rings is 1. The Balaban J connectivity index is 2.14. The Morgan fingerprint density at radius 1 is 1.47 bits per heavy atom. The van der Waals surface area contributed by atoms with Gasteiger partial charge in [-0.25, -0.2) is 4.98 Å². The van der Waals surface area contributed by atoms with Crippen molar-refractivity contribution in [2.75, 3.05) is 13.1 Å². The molecule has 15 heavy (non-hydrogen) atoms. The first kappa shape index (κ1) is 8.88. The summed E-state index contributed by atoms with van der Waals surface area (Å²) >= 11 is 0. The van der Waals surface area contributed by atoms with Crippen molar-refractivity contribution in [3.8, 4) is 0 Å². The van der Waals surface area contributed by atoms with Crippen molar-refractivity contribution in [1.82, 2.24) is 14.9 Å². The number of β-amino-alcohol motifs (C(OH)–C–C–N with tert-alkyl or cyclic N) is 1. The summed E-state index contributed by atoms with van der Waals surface area (Å²) in [6.45, 7) is 1.26. The average molecular weight is 203 g/mol. The second-order valence-electron chi connectivity index (χ2n) is 4.19. The number of rotatable bonds is 1. The van der Waals surface area contributed by atoms with Crippen LogP contribution in [0.4, 0.5) is 0 Å². The molecular formula is C11H13N3O. The van der Waals surface area contributed by atoms with Crippen molar-refractivity contribution >= 4 is 11.0 Å². The number of aliphatic hydroxyl groups is 1. The molecule has 2 aromatic rings. The van der Waals surface area contributed by atoms with E-state index in [0.29, 0.717) is 13.1 Å². The minimum Gasteiger partial charge on any atom is -0.382 e. The van der Waals surface area contributed by atoms with Crippen LogP contribution in [0, 0.1) is 0 Å². The van der Waals surface area contributed by atoms with E-state index < -0.39 is 5.60 Å². The van der Waals surface area contributed by atoms with Crippen LogP contribution in [0.3, 0.4) is 0 Å². The van der Waals surface area contributed by atoms with Gasteiger partial charge < -0.3 is 15.0 Å². The standard InChI is InChI=1S/C11H13N3O/c1-14-7-13-9-4-8(2-3-10(9)14)11(15)5-12-6-11/h2-4,7,12,15H,5-6H2,1H3. The van der Waals surface area contributed by atoms with Gasteiger partial charge in [-0.2, -0.15) is 0 Å². The maximum atomic E-state index is 10.2. The highest BCUT2D eigenvalue weighted by molar-refractivity contribution is 5.76. The summed E-state index contributed by atoms with van der Waals surface area (Å²) in [4.78, 5) is 4.28. The van der Waals surface area contributed by atoms with Gasteiger partial charge in [0.2, 0.25) is 0 Å². The van der Waals surface area contributed by atoms with Gasteiger partial charge in [-0.3, -0.25) is 0 Å². The van der Waals surface area contributed by atoms with Gasteiger partial charge in [-0.05, 0) is 17.7 Å². The fraction of sp³-hybridized carbons (Fsp3) is 0.364. The Kier molecular flexibility index (Phi) is 1.66. The molecule has 0 unspecified atom stereocenters. The number of nitrogens with zero attached hydrogens (tertiary/aromatic N) is 2. The molecule has 0 amide bonds. The third kappa shape index (κ3) is 1.19. The van der Waals surface area contributed by atoms with Crippen LogP contribution >= 0.6 is 0 Å². The topological polar surface area (TPSA) is 50.1 Å². The Morgan fingerprint density at radius 3 is 2.93 bits per heavy atom. The number of fused-ring (bicyclic) bond motifs is 1. The Morgan fingerprint density at radius 2 is 2.27 bits per heavy atom. The summed E-state index contributed by atoms with van der Waals surface area (Å²) in [5.41, 5.74) is 2.29. The highest BCUT2D eigenvalue weighted by Gasteiger charge is 2.36. The zero-order valence-electron chi connectivity index (χ0n) is 8.57. The van der Waals surface area contributed by atoms with Gasteiger partial charge in [-0.15, -0.1) is 0 Å². The number of aryl methyl sites for hydroxylation is 1. The third-order valence-electron chi connectivity index (χ3n) is 3.10. The average Bonchev–Trinajstić information content (AvgIpc) is 2.56. The van der Waals surface area contributed by atoms with Crippen LogP contribution in [0.5, 0.6) is 0 Å². The van der Waals surface area contributed by atoms with Crippen LogP contribution in [-0.4, -0.2) is 27.7 Å². The molecule has 2 heterocycles. The molecule has 3 rings (SSSR count). The van der Waals surface area contributed by atoms with Crippen LogP contribution in [0.15, 0.2) is 24.5 Å². The van der Waals surface area contributed by atoms with E-state index in [1.54, 1.807) is 6.33 Å². The van der Waals surface area contributed by atoms with Crippen molar-refractivity contribution < 1.29 is 5.11 Å². The highest BCUT2D eigenvalue weighted by Crippen LogP contribution is 2.27. The number of aromatic nitrogens is 2. The van der Waals surface area contributed by atoms with E-state index in [-0.39, 0.29) is 0 Å². The highest BCUT2D eigenvalue weighted by atomic mass is 16.3. The molecule has 0 saturated carbocycles. The van der Waals surface area contributed by atoms with Gasteiger partial charge >= 0.3 is 0 Å². The molecule has 0 radical (unpaired) electrons. The Hall–Kier alpha value is -1.39. The zero-order chi connectivity index (χ0) is 10.5. The first-order chi connectivity index (χ1) is 7.19. The maximum absolute atomic E-state index is 10.2. The van der Waals surface area contributed by atoms with E-state index in [9.17, 15) is 5.11 Å². The molecule has 1 aliphatic rings. The molecule has 1 aromatic carbocycles. The Bertz CT molecular complexity index is 514. The van der Waals surface area contributed by atoms with Crippen LogP contribution < -0.4 is 5.32 Å². The fourth-order valence-corrected chi connectivity index (χ4v) is 1.99. The van der Waals surface area contributed by atoms with Gasteiger partial charge in [0, 0.05) is 20.1 Å². The summed E-state index contributed by atoms with van der Waals surface area (Å²) in [5.74, 6) is 0. The summed E-state index contributed by atoms with van der Waals surface area (Å²) in [7, 11) is 1.97. The van der Waals surface area contributed by atoms with E-state index in [1.807, 2.05) is 29.8 Å². The summed E-state index contributed by atoms with van der Waals surface area (Å²) in [6, 6.07) is 5.95. The second-order valence-corrected chi connectivity index (χ2v) is 4.19. The van der Waals surface area contributed by atoms with Crippen LogP contribution in [-0.2, 0) is 12.6 Å². The van der Waals surface area contributed by atoms with Crippen molar-refractivity contribution in [2.45, 2.75) is 5.60 Å². The molecule has 1 aliphatic heterocycles. The molecule has 4 nitrogen and oxygen atoms in total. The predicted octanol–water partition coefficient (Wildman–Crippen LogP) is 0.364. The minimum atomic E-state index is -0.689. The third-order valence-corrected chi connectivity index (χ3v) is 3.10. The van der Waals surface area contributed by atoms with E-state index in [1.165, 1.54) is 0 Å². The van der Waals surface area contributed by atoms with Crippen LogP contribution in [0.2, 0.25) is 0 Å². The van der Waals surface area contributed by atoms with Gasteiger partial charge in [0.25, 0.3) is 0 Å². The first-order valence-corrected chi connectivity index (χ1v) is 5.04. The SMILES string of the molecule is Cn1cnc2cc(C3(O)CNC3)ccc21. The number of hydrogen-bond acceptors (Lipinski definition) is 3. The van der Waals surface area contributed by atoms with E-state index in [0.717, 1.165) is 16.6 Å². The molecule has 0 spiro atoms. The van der Waals surface area contributed by atoms with E-state index in [2.05, 4.69) is 10.3 Å². The second kappa shape index (κ2) is 2.81. The van der Waals surface area contributed by atoms with Gasteiger partial charge in [0.15, 0.2) is 0 Å². The summed E-state index contributed by atoms with van der Waals surface area (Å²) in [6.07, 6.45) is 1.79. The molecule has 4 heteroatoms. The fourth-order valence-electron chi connectivity index (χ4n) is 1.99. The predicted molar refractivity (Wildman–Crippen MR) is 57.5 cm³/mol. The smallest absolute Gasteiger partial charge is 0.114 e. The lowest BCUT2D eigenvalue weighted by atomic mass is 9.88. The zero-order valence-corrected chi connectivity index (χ0v) is 8.57. The molecule has 0 bridgehead atoms. The Labute approximate surface area is 87.5 Å². The summed E-state index contributed by atoms with van der Waals surface area (Å²) in [5, 5.41) is 13.2. The first-order valence-electron chi connectivity index (χ1n) is 5.04. The minimum absolute atomic E-state index is 0.630. The molecule has 0 atom stereocenters. The monoisotopic (exact) mass is 203 g/mol. The normalized spacial score (nSPS) is 19.1. The van der Waals surface area contributed by atoms with E-state index >= 15 is 0 Å². The van der Waals surface area contributed by atoms with Crippen LogP contribution in [0.1, 0.15) is 5.56 Å². The molecular weight excluding hydrogens is 190 g/mol. The molecule has 1 aromatic heterocycles. The van der Waals surface area contributed by atoms with Crippen LogP contribution in [0.25, 0.3) is 11.0 Å². The van der Waals surface area contributed by atoms with Crippen molar-refractivity contribution in [3.63, 3.8) is 0 Å². The lowest BCUT2D eigenvalue weighted by molar-refractivity contribution is -0.0145. The summed E-state index contributed by atoms with van der Waals surface area (Å²) < 4.78 is 1.97. The molecule has 1 saturated heterocycles. The quantitative estimate of drug-likeness (QED) is 0.703. The van der Waals surface area contributed by atoms with Gasteiger partial charge in [-0.1, -0.05) is 6.07 Å². The maximum Gasteiger partial charge on any atom is 0.114 e. The van der Waals surface area contributed by atoms with Crippen molar-refractivity contribution in [3.05, 3.63) is 30.1 Å².